The van der Waals surface area contributed by atoms with Gasteiger partial charge in [-0.2, -0.15) is 0 Å². The number of rotatable bonds is 5. The maximum atomic E-state index is 5.51. The Kier molecular flexibility index (Phi) is 7.37. The summed E-state index contributed by atoms with van der Waals surface area (Å²) >= 11 is 3.59. The normalized spacial score (nSPS) is 12.3. The molecule has 0 spiro atoms. The summed E-state index contributed by atoms with van der Waals surface area (Å²) in [6.07, 6.45) is 0. The quantitative estimate of drug-likeness (QED) is 0.174. The van der Waals surface area contributed by atoms with E-state index in [0.29, 0.717) is 5.82 Å². The molecule has 12 aromatic rings. The van der Waals surface area contributed by atoms with Gasteiger partial charge in [-0.1, -0.05) is 133 Å². The Morgan fingerprint density at radius 3 is 1.83 bits per heavy atom. The highest BCUT2D eigenvalue weighted by molar-refractivity contribution is 7.99. The number of nitrogens with zero attached hydrogens (tertiary/aromatic N) is 4. The van der Waals surface area contributed by atoms with Crippen molar-refractivity contribution in [1.82, 2.24) is 19.1 Å². The van der Waals surface area contributed by atoms with E-state index in [1.54, 1.807) is 11.3 Å². The Hall–Kier alpha value is -7.25. The van der Waals surface area contributed by atoms with E-state index in [4.69, 9.17) is 9.97 Å². The monoisotopic (exact) mass is 800 g/mol. The third kappa shape index (κ3) is 5.05. The fraction of sp³-hybridized carbons (Fsp3) is 0. The van der Waals surface area contributed by atoms with Crippen molar-refractivity contribution in [3.63, 3.8) is 0 Å². The molecule has 0 amide bonds. The molecule has 6 heteroatoms. The van der Waals surface area contributed by atoms with Gasteiger partial charge in [-0.05, 0) is 95.1 Å². The second kappa shape index (κ2) is 13.1. The third-order valence-corrected chi connectivity index (χ3v) is 14.1. The van der Waals surface area contributed by atoms with Gasteiger partial charge in [0, 0.05) is 58.2 Å². The lowest BCUT2D eigenvalue weighted by Gasteiger charge is -2.21. The summed E-state index contributed by atoms with van der Waals surface area (Å²) in [5.41, 5.74) is 13.6. The van der Waals surface area contributed by atoms with Gasteiger partial charge in [0.1, 0.15) is 10.5 Å². The Labute approximate surface area is 353 Å². The standard InChI is InChI=1S/C54H32N4S2/c1-3-14-33(15-4-1)36-30-37(34-16-5-2-6-17-34)32-38(31-36)50-49-41-19-8-11-23-45(41)60-53(49)56-52(55-50)35-26-28-39(29-27-35)57-43-21-9-7-18-40(43)48-42-20-13-25-47-51(42)58(54(48)57)44-22-10-12-24-46(44)59-47/h1-32H. The molecule has 13 rings (SSSR count). The van der Waals surface area contributed by atoms with Gasteiger partial charge in [0.2, 0.25) is 0 Å². The molecular formula is C54H32N4S2. The number of thiophene rings is 1. The van der Waals surface area contributed by atoms with Gasteiger partial charge in [0.05, 0.1) is 22.4 Å². The Bertz CT molecular complexity index is 3620. The summed E-state index contributed by atoms with van der Waals surface area (Å²) in [5, 5.41) is 6.07. The highest BCUT2D eigenvalue weighted by Gasteiger charge is 2.28. The second-order valence-electron chi connectivity index (χ2n) is 15.4. The summed E-state index contributed by atoms with van der Waals surface area (Å²) in [6, 6.07) is 69.9. The van der Waals surface area contributed by atoms with Gasteiger partial charge in [-0.3, -0.25) is 9.13 Å². The summed E-state index contributed by atoms with van der Waals surface area (Å²) in [4.78, 5) is 14.3. The molecule has 0 saturated heterocycles. The summed E-state index contributed by atoms with van der Waals surface area (Å²) in [6.45, 7) is 0. The first-order chi connectivity index (χ1) is 29.7. The van der Waals surface area contributed by atoms with Crippen molar-refractivity contribution in [2.75, 3.05) is 0 Å². The number of aromatic nitrogens is 4. The molecule has 8 aromatic carbocycles. The van der Waals surface area contributed by atoms with Crippen LogP contribution in [-0.2, 0) is 0 Å². The lowest BCUT2D eigenvalue weighted by molar-refractivity contribution is 1.03. The van der Waals surface area contributed by atoms with Crippen molar-refractivity contribution in [2.24, 2.45) is 0 Å². The van der Waals surface area contributed by atoms with Crippen LogP contribution in [-0.4, -0.2) is 19.1 Å². The lowest BCUT2D eigenvalue weighted by atomic mass is 9.94. The van der Waals surface area contributed by atoms with E-state index < -0.39 is 0 Å². The maximum absolute atomic E-state index is 5.51. The smallest absolute Gasteiger partial charge is 0.161 e. The molecule has 0 N–H and O–H groups in total. The van der Waals surface area contributed by atoms with E-state index >= 15 is 0 Å². The van der Waals surface area contributed by atoms with Crippen LogP contribution in [0.1, 0.15) is 0 Å². The van der Waals surface area contributed by atoms with Crippen molar-refractivity contribution in [3.8, 4) is 56.3 Å². The van der Waals surface area contributed by atoms with E-state index in [9.17, 15) is 0 Å². The van der Waals surface area contributed by atoms with Crippen molar-refractivity contribution in [3.05, 3.63) is 194 Å². The summed E-state index contributed by atoms with van der Waals surface area (Å²) in [5.74, 6) is 0.712. The molecule has 280 valence electrons. The first-order valence-corrected chi connectivity index (χ1v) is 21.8. The molecular weight excluding hydrogens is 769 g/mol. The maximum Gasteiger partial charge on any atom is 0.161 e. The molecule has 0 bridgehead atoms. The topological polar surface area (TPSA) is 35.6 Å². The Morgan fingerprint density at radius 2 is 1.05 bits per heavy atom. The number of para-hydroxylation sites is 3. The minimum Gasteiger partial charge on any atom is -0.295 e. The van der Waals surface area contributed by atoms with E-state index in [1.165, 1.54) is 69.5 Å². The van der Waals surface area contributed by atoms with Crippen LogP contribution in [0.2, 0.25) is 0 Å². The van der Waals surface area contributed by atoms with Crippen LogP contribution in [0.15, 0.2) is 204 Å². The van der Waals surface area contributed by atoms with Crippen LogP contribution in [0.4, 0.5) is 0 Å². The molecule has 4 nitrogen and oxygen atoms in total. The van der Waals surface area contributed by atoms with Crippen LogP contribution in [0, 0.1) is 0 Å². The predicted octanol–water partition coefficient (Wildman–Crippen LogP) is 15.0. The van der Waals surface area contributed by atoms with Crippen LogP contribution in [0.5, 0.6) is 0 Å². The van der Waals surface area contributed by atoms with Crippen molar-refractivity contribution < 1.29 is 0 Å². The fourth-order valence-corrected chi connectivity index (χ4v) is 11.4. The van der Waals surface area contributed by atoms with Gasteiger partial charge in [0.25, 0.3) is 0 Å². The van der Waals surface area contributed by atoms with Crippen LogP contribution >= 0.6 is 23.1 Å². The average molecular weight is 801 g/mol. The minimum absolute atomic E-state index is 0.712. The number of fused-ring (bicyclic) bond motifs is 10. The average Bonchev–Trinajstić information content (AvgIpc) is 3.98. The first-order valence-electron chi connectivity index (χ1n) is 20.2. The van der Waals surface area contributed by atoms with Crippen molar-refractivity contribution in [1.29, 1.82) is 0 Å². The first kappa shape index (κ1) is 33.7. The van der Waals surface area contributed by atoms with E-state index in [0.717, 1.165) is 43.9 Å². The van der Waals surface area contributed by atoms with E-state index in [1.807, 2.05) is 11.8 Å². The molecule has 0 aliphatic carbocycles. The molecule has 0 radical (unpaired) electrons. The lowest BCUT2D eigenvalue weighted by Crippen LogP contribution is -2.05. The largest absolute Gasteiger partial charge is 0.295 e. The predicted molar refractivity (Wildman–Crippen MR) is 252 cm³/mol. The molecule has 1 aliphatic heterocycles. The van der Waals surface area contributed by atoms with Gasteiger partial charge in [0.15, 0.2) is 5.82 Å². The van der Waals surface area contributed by atoms with Gasteiger partial charge < -0.3 is 0 Å². The number of hydrogen-bond donors (Lipinski definition) is 0. The molecule has 4 aromatic heterocycles. The summed E-state index contributed by atoms with van der Waals surface area (Å²) < 4.78 is 6.12. The number of benzene rings is 8. The summed E-state index contributed by atoms with van der Waals surface area (Å²) in [7, 11) is 0. The molecule has 60 heavy (non-hydrogen) atoms. The zero-order valence-electron chi connectivity index (χ0n) is 32.1. The van der Waals surface area contributed by atoms with Crippen LogP contribution in [0.3, 0.4) is 0 Å². The van der Waals surface area contributed by atoms with Crippen molar-refractivity contribution in [2.45, 2.75) is 9.79 Å². The zero-order valence-corrected chi connectivity index (χ0v) is 33.7. The van der Waals surface area contributed by atoms with Gasteiger partial charge in [-0.15, -0.1) is 11.3 Å². The highest BCUT2D eigenvalue weighted by atomic mass is 32.2. The molecule has 1 aliphatic rings. The second-order valence-corrected chi connectivity index (χ2v) is 17.5. The van der Waals surface area contributed by atoms with Crippen LogP contribution in [0.25, 0.3) is 109 Å². The molecule has 0 fully saturated rings. The highest BCUT2D eigenvalue weighted by Crippen LogP contribution is 2.49. The Morgan fingerprint density at radius 1 is 0.417 bits per heavy atom. The molecule has 5 heterocycles. The van der Waals surface area contributed by atoms with Crippen molar-refractivity contribution >= 4 is 76.2 Å². The van der Waals surface area contributed by atoms with E-state index in [-0.39, 0.29) is 0 Å². The third-order valence-electron chi connectivity index (χ3n) is 11.9. The SMILES string of the molecule is c1ccc(-c2cc(-c3ccccc3)cc(-c3nc(-c4ccc(-n5c6ccccc6c6c7cccc8c7n(c65)-c5ccccc5S8)cc4)nc4sc5ccccc5c34)c2)cc1. The van der Waals surface area contributed by atoms with Gasteiger partial charge in [-0.25, -0.2) is 9.97 Å². The van der Waals surface area contributed by atoms with Gasteiger partial charge >= 0.3 is 0 Å². The zero-order chi connectivity index (χ0) is 39.3. The number of hydrogen-bond acceptors (Lipinski definition) is 4. The molecule has 0 unspecified atom stereocenters. The Balaban J connectivity index is 1.02. The fourth-order valence-electron chi connectivity index (χ4n) is 9.27. The minimum atomic E-state index is 0.712. The molecule has 0 atom stereocenters. The van der Waals surface area contributed by atoms with E-state index in [2.05, 4.69) is 203 Å². The molecule has 0 saturated carbocycles. The van der Waals surface area contributed by atoms with Crippen LogP contribution < -0.4 is 0 Å².